The van der Waals surface area contributed by atoms with Crippen LogP contribution in [0.3, 0.4) is 0 Å². The molecule has 0 amide bonds. The molecule has 0 spiro atoms. The number of nitrogens with zero attached hydrogens (tertiary/aromatic N) is 1. The molecule has 0 unspecified atom stereocenters. The van der Waals surface area contributed by atoms with Gasteiger partial charge in [0.1, 0.15) is 17.6 Å². The van der Waals surface area contributed by atoms with Crippen molar-refractivity contribution in [2.24, 2.45) is 0 Å². The van der Waals surface area contributed by atoms with E-state index in [1.54, 1.807) is 13.0 Å². The third-order valence-electron chi connectivity index (χ3n) is 1.93. The van der Waals surface area contributed by atoms with Crippen molar-refractivity contribution in [3.8, 4) is 11.8 Å². The van der Waals surface area contributed by atoms with Gasteiger partial charge in [0.25, 0.3) is 0 Å². The summed E-state index contributed by atoms with van der Waals surface area (Å²) in [6.45, 7) is 1.88. The fraction of sp³-hybridized carbons (Fsp3) is 0.273. The summed E-state index contributed by atoms with van der Waals surface area (Å²) in [7, 11) is 0. The third kappa shape index (κ3) is 2.70. The van der Waals surface area contributed by atoms with Gasteiger partial charge in [-0.15, -0.1) is 0 Å². The summed E-state index contributed by atoms with van der Waals surface area (Å²) < 4.78 is 17.7. The van der Waals surface area contributed by atoms with Crippen LogP contribution in [-0.4, -0.2) is 17.7 Å². The lowest BCUT2D eigenvalue weighted by molar-refractivity contribution is -0.142. The number of halogens is 1. The van der Waals surface area contributed by atoms with E-state index in [4.69, 9.17) is 5.26 Å². The fourth-order valence-corrected chi connectivity index (χ4v) is 1.20. The number of hydrogen-bond acceptors (Lipinski definition) is 4. The van der Waals surface area contributed by atoms with Gasteiger partial charge in [0, 0.05) is 11.6 Å². The van der Waals surface area contributed by atoms with Crippen molar-refractivity contribution in [1.82, 2.24) is 0 Å². The van der Waals surface area contributed by atoms with Crippen molar-refractivity contribution < 1.29 is 19.0 Å². The Hall–Kier alpha value is -2.09. The summed E-state index contributed by atoms with van der Waals surface area (Å²) >= 11 is 0. The standard InChI is InChI=1S/C11H10FNO3/c1-2-16-11(15)4-7-3-8(6-13)9(12)5-10(7)14/h3,5,14H,2,4H2,1H3. The SMILES string of the molecule is CCOC(=O)Cc1cc(C#N)c(F)cc1O. The van der Waals surface area contributed by atoms with E-state index in [2.05, 4.69) is 4.74 Å². The van der Waals surface area contributed by atoms with Gasteiger partial charge >= 0.3 is 5.97 Å². The van der Waals surface area contributed by atoms with Crippen LogP contribution in [0.15, 0.2) is 12.1 Å². The molecular formula is C11H10FNO3. The molecule has 0 saturated heterocycles. The summed E-state index contributed by atoms with van der Waals surface area (Å²) in [5, 5.41) is 18.0. The van der Waals surface area contributed by atoms with Crippen molar-refractivity contribution in [3.63, 3.8) is 0 Å². The lowest BCUT2D eigenvalue weighted by atomic mass is 10.1. The highest BCUT2D eigenvalue weighted by Crippen LogP contribution is 2.22. The third-order valence-corrected chi connectivity index (χ3v) is 1.93. The number of carbonyl (C=O) groups is 1. The molecule has 0 heterocycles. The summed E-state index contributed by atoms with van der Waals surface area (Å²) in [5.74, 6) is -1.70. The molecule has 1 N–H and O–H groups in total. The maximum atomic E-state index is 13.0. The number of benzene rings is 1. The highest BCUT2D eigenvalue weighted by Gasteiger charge is 2.12. The number of phenolic OH excluding ortho intramolecular Hbond substituents is 1. The second kappa shape index (κ2) is 5.12. The topological polar surface area (TPSA) is 70.3 Å². The number of ether oxygens (including phenoxy) is 1. The molecule has 84 valence electrons. The number of hydrogen-bond donors (Lipinski definition) is 1. The molecule has 0 saturated carbocycles. The van der Waals surface area contributed by atoms with Crippen molar-refractivity contribution in [2.75, 3.05) is 6.61 Å². The normalized spacial score (nSPS) is 9.56. The fourth-order valence-electron chi connectivity index (χ4n) is 1.20. The molecule has 5 heteroatoms. The first-order valence-corrected chi connectivity index (χ1v) is 4.65. The zero-order chi connectivity index (χ0) is 12.1. The molecule has 0 fully saturated rings. The molecule has 0 bridgehead atoms. The molecular weight excluding hydrogens is 213 g/mol. The number of esters is 1. The zero-order valence-corrected chi connectivity index (χ0v) is 8.66. The molecule has 0 aliphatic carbocycles. The Labute approximate surface area is 91.9 Å². The van der Waals surface area contributed by atoms with Crippen LogP contribution in [0.5, 0.6) is 5.75 Å². The number of nitriles is 1. The molecule has 1 aromatic carbocycles. The van der Waals surface area contributed by atoms with Crippen LogP contribution in [0.2, 0.25) is 0 Å². The lowest BCUT2D eigenvalue weighted by Crippen LogP contribution is -2.08. The first-order chi connectivity index (χ1) is 7.58. The second-order valence-corrected chi connectivity index (χ2v) is 3.05. The monoisotopic (exact) mass is 223 g/mol. The minimum absolute atomic E-state index is 0.177. The zero-order valence-electron chi connectivity index (χ0n) is 8.66. The van der Waals surface area contributed by atoms with E-state index in [1.165, 1.54) is 0 Å². The van der Waals surface area contributed by atoms with Crippen LogP contribution in [0.4, 0.5) is 4.39 Å². The van der Waals surface area contributed by atoms with Crippen LogP contribution in [-0.2, 0) is 16.0 Å². The van der Waals surface area contributed by atoms with Crippen molar-refractivity contribution >= 4 is 5.97 Å². The van der Waals surface area contributed by atoms with E-state index in [-0.39, 0.29) is 29.9 Å². The van der Waals surface area contributed by atoms with E-state index >= 15 is 0 Å². The summed E-state index contributed by atoms with van der Waals surface area (Å²) in [6, 6.07) is 3.58. The van der Waals surface area contributed by atoms with E-state index in [9.17, 15) is 14.3 Å². The first kappa shape index (κ1) is 12.0. The first-order valence-electron chi connectivity index (χ1n) is 4.65. The Morgan fingerprint density at radius 2 is 2.31 bits per heavy atom. The predicted octanol–water partition coefficient (Wildman–Crippen LogP) is 1.51. The smallest absolute Gasteiger partial charge is 0.310 e. The van der Waals surface area contributed by atoms with Crippen LogP contribution < -0.4 is 0 Å². The number of aromatic hydroxyl groups is 1. The molecule has 1 aromatic rings. The molecule has 0 radical (unpaired) electrons. The highest BCUT2D eigenvalue weighted by atomic mass is 19.1. The van der Waals surface area contributed by atoms with E-state index in [0.717, 1.165) is 12.1 Å². The van der Waals surface area contributed by atoms with E-state index in [0.29, 0.717) is 0 Å². The van der Waals surface area contributed by atoms with Crippen molar-refractivity contribution in [1.29, 1.82) is 5.26 Å². The van der Waals surface area contributed by atoms with Gasteiger partial charge in [-0.05, 0) is 13.0 Å². The van der Waals surface area contributed by atoms with Crippen molar-refractivity contribution in [2.45, 2.75) is 13.3 Å². The van der Waals surface area contributed by atoms with Gasteiger partial charge in [0.2, 0.25) is 0 Å². The lowest BCUT2D eigenvalue weighted by Gasteiger charge is -2.05. The van der Waals surface area contributed by atoms with Gasteiger partial charge in [-0.25, -0.2) is 4.39 Å². The van der Waals surface area contributed by atoms with Gasteiger partial charge < -0.3 is 9.84 Å². The Balaban J connectivity index is 2.97. The van der Waals surface area contributed by atoms with Crippen molar-refractivity contribution in [3.05, 3.63) is 29.1 Å². The summed E-state index contributed by atoms with van der Waals surface area (Å²) in [4.78, 5) is 11.1. The van der Waals surface area contributed by atoms with Gasteiger partial charge in [-0.3, -0.25) is 4.79 Å². The van der Waals surface area contributed by atoms with Crippen LogP contribution in [0.25, 0.3) is 0 Å². The Bertz CT molecular complexity index is 451. The minimum atomic E-state index is -0.812. The highest BCUT2D eigenvalue weighted by molar-refractivity contribution is 5.73. The van der Waals surface area contributed by atoms with Gasteiger partial charge in [-0.2, -0.15) is 5.26 Å². The Morgan fingerprint density at radius 3 is 2.88 bits per heavy atom. The predicted molar refractivity (Wildman–Crippen MR) is 53.1 cm³/mol. The van der Waals surface area contributed by atoms with Gasteiger partial charge in [-0.1, -0.05) is 0 Å². The van der Waals surface area contributed by atoms with Gasteiger partial charge in [0.15, 0.2) is 0 Å². The molecule has 4 nitrogen and oxygen atoms in total. The quantitative estimate of drug-likeness (QED) is 0.788. The number of rotatable bonds is 3. The van der Waals surface area contributed by atoms with E-state index in [1.807, 2.05) is 0 Å². The molecule has 0 aliphatic rings. The Morgan fingerprint density at radius 1 is 1.62 bits per heavy atom. The maximum absolute atomic E-state index is 13.0. The molecule has 0 aliphatic heterocycles. The number of carbonyl (C=O) groups excluding carboxylic acids is 1. The molecule has 0 atom stereocenters. The maximum Gasteiger partial charge on any atom is 0.310 e. The Kier molecular flexibility index (Phi) is 3.84. The van der Waals surface area contributed by atoms with Crippen LogP contribution >= 0.6 is 0 Å². The molecule has 16 heavy (non-hydrogen) atoms. The van der Waals surface area contributed by atoms with Crippen LogP contribution in [0.1, 0.15) is 18.1 Å². The average Bonchev–Trinajstić information content (AvgIpc) is 2.22. The van der Waals surface area contributed by atoms with E-state index < -0.39 is 11.8 Å². The minimum Gasteiger partial charge on any atom is -0.508 e. The second-order valence-electron chi connectivity index (χ2n) is 3.05. The summed E-state index contributed by atoms with van der Waals surface area (Å²) in [6.07, 6.45) is -0.186. The number of phenols is 1. The average molecular weight is 223 g/mol. The van der Waals surface area contributed by atoms with Gasteiger partial charge in [0.05, 0.1) is 18.6 Å². The summed E-state index contributed by atoms with van der Waals surface area (Å²) in [5.41, 5.74) is -0.0338. The molecule has 0 aromatic heterocycles. The molecule has 1 rings (SSSR count). The largest absolute Gasteiger partial charge is 0.508 e. The van der Waals surface area contributed by atoms with Crippen LogP contribution in [0, 0.1) is 17.1 Å².